The van der Waals surface area contributed by atoms with Crippen molar-refractivity contribution in [3.8, 4) is 11.4 Å². The molecule has 32 heavy (non-hydrogen) atoms. The first-order chi connectivity index (χ1) is 15.4. The number of halogens is 3. The van der Waals surface area contributed by atoms with Crippen molar-refractivity contribution in [3.63, 3.8) is 0 Å². The molecular formula is C23H25F3N4S2. The number of thiophene rings is 1. The van der Waals surface area contributed by atoms with Gasteiger partial charge in [0, 0.05) is 30.3 Å². The van der Waals surface area contributed by atoms with Crippen molar-refractivity contribution in [1.82, 2.24) is 19.7 Å². The van der Waals surface area contributed by atoms with Crippen LogP contribution in [0.15, 0.2) is 46.2 Å². The summed E-state index contributed by atoms with van der Waals surface area (Å²) in [6, 6.07) is 7.85. The van der Waals surface area contributed by atoms with E-state index in [9.17, 15) is 13.2 Å². The van der Waals surface area contributed by atoms with Crippen molar-refractivity contribution in [2.45, 2.75) is 36.5 Å². The van der Waals surface area contributed by atoms with E-state index in [4.69, 9.17) is 0 Å². The Kier molecular flexibility index (Phi) is 5.84. The maximum Gasteiger partial charge on any atom is 0.416 e. The highest BCUT2D eigenvalue weighted by Crippen LogP contribution is 2.64. The monoisotopic (exact) mass is 478 g/mol. The smallest absolute Gasteiger partial charge is 0.305 e. The molecule has 0 amide bonds. The van der Waals surface area contributed by atoms with Crippen LogP contribution in [0.2, 0.25) is 0 Å². The quantitative estimate of drug-likeness (QED) is 0.312. The zero-order valence-corrected chi connectivity index (χ0v) is 19.4. The number of aromatic nitrogens is 3. The van der Waals surface area contributed by atoms with Gasteiger partial charge in [0.25, 0.3) is 0 Å². The van der Waals surface area contributed by atoms with E-state index < -0.39 is 11.7 Å². The molecule has 1 saturated carbocycles. The molecule has 3 aromatic rings. The lowest BCUT2D eigenvalue weighted by Crippen LogP contribution is -2.23. The van der Waals surface area contributed by atoms with Gasteiger partial charge in [0.2, 0.25) is 0 Å². The van der Waals surface area contributed by atoms with E-state index in [2.05, 4.69) is 31.1 Å². The fraction of sp³-hybridized carbons (Fsp3) is 0.478. The van der Waals surface area contributed by atoms with Crippen LogP contribution in [0.1, 0.15) is 36.3 Å². The SMILES string of the molecule is Cn1c(SCCCN2CC[C@@]3(C[C@H]3c3ccc(C(F)(F)F)cc3)C2)nnc1-c1ccsc1. The van der Waals surface area contributed by atoms with Crippen LogP contribution in [0.3, 0.4) is 0 Å². The Bertz CT molecular complexity index is 1060. The lowest BCUT2D eigenvalue weighted by molar-refractivity contribution is -0.137. The predicted octanol–water partition coefficient (Wildman–Crippen LogP) is 5.92. The Balaban J connectivity index is 1.08. The van der Waals surface area contributed by atoms with Crippen molar-refractivity contribution < 1.29 is 13.2 Å². The summed E-state index contributed by atoms with van der Waals surface area (Å²) in [5.41, 5.74) is 1.86. The number of likely N-dealkylation sites (tertiary alicyclic amines) is 1. The number of hydrogen-bond donors (Lipinski definition) is 0. The molecule has 4 nitrogen and oxygen atoms in total. The summed E-state index contributed by atoms with van der Waals surface area (Å²) in [6.45, 7) is 3.17. The third kappa shape index (κ3) is 4.34. The summed E-state index contributed by atoms with van der Waals surface area (Å²) in [5.74, 6) is 2.29. The van der Waals surface area contributed by atoms with Gasteiger partial charge in [-0.1, -0.05) is 23.9 Å². The molecule has 1 aromatic carbocycles. The molecule has 9 heteroatoms. The van der Waals surface area contributed by atoms with E-state index in [1.165, 1.54) is 12.1 Å². The Labute approximate surface area is 193 Å². The van der Waals surface area contributed by atoms with Gasteiger partial charge >= 0.3 is 6.18 Å². The molecule has 3 heterocycles. The number of rotatable bonds is 7. The van der Waals surface area contributed by atoms with Crippen LogP contribution < -0.4 is 0 Å². The van der Waals surface area contributed by atoms with Crippen LogP contribution in [0, 0.1) is 5.41 Å². The van der Waals surface area contributed by atoms with Gasteiger partial charge in [-0.3, -0.25) is 0 Å². The molecule has 1 spiro atoms. The Hall–Kier alpha value is -1.84. The minimum Gasteiger partial charge on any atom is -0.305 e. The van der Waals surface area contributed by atoms with Crippen LogP contribution in [0.4, 0.5) is 13.2 Å². The molecule has 0 unspecified atom stereocenters. The lowest BCUT2D eigenvalue weighted by atomic mass is 9.97. The van der Waals surface area contributed by atoms with E-state index >= 15 is 0 Å². The number of hydrogen-bond acceptors (Lipinski definition) is 5. The van der Waals surface area contributed by atoms with E-state index in [0.717, 1.165) is 66.8 Å². The molecule has 2 atom stereocenters. The van der Waals surface area contributed by atoms with E-state index in [-0.39, 0.29) is 5.41 Å². The van der Waals surface area contributed by atoms with Crippen molar-refractivity contribution in [1.29, 1.82) is 0 Å². The molecule has 2 aliphatic rings. The summed E-state index contributed by atoms with van der Waals surface area (Å²) in [4.78, 5) is 2.51. The second-order valence-electron chi connectivity index (χ2n) is 8.84. The van der Waals surface area contributed by atoms with Crippen molar-refractivity contribution in [3.05, 3.63) is 52.2 Å². The highest BCUT2D eigenvalue weighted by Gasteiger charge is 2.57. The standard InChI is InChI=1S/C23H25F3N4S2/c1-29-20(17-7-12-31-14-17)27-28-21(29)32-11-2-9-30-10-8-22(15-30)13-19(22)16-3-5-18(6-4-16)23(24,25)26/h3-7,12,14,19H,2,8-11,13,15H2,1H3/t19-,22+/m0/s1. The number of nitrogens with zero attached hydrogens (tertiary/aromatic N) is 4. The summed E-state index contributed by atoms with van der Waals surface area (Å²) in [5, 5.41) is 13.7. The minimum atomic E-state index is -4.27. The second kappa shape index (κ2) is 8.50. The average Bonchev–Trinajstić information content (AvgIpc) is 3.16. The second-order valence-corrected chi connectivity index (χ2v) is 10.7. The first kappa shape index (κ1) is 22.0. The van der Waals surface area contributed by atoms with Crippen LogP contribution in [-0.4, -0.2) is 45.1 Å². The van der Waals surface area contributed by atoms with Crippen molar-refractivity contribution >= 4 is 23.1 Å². The van der Waals surface area contributed by atoms with Crippen LogP contribution in [-0.2, 0) is 13.2 Å². The molecule has 0 radical (unpaired) electrons. The first-order valence-electron chi connectivity index (χ1n) is 10.8. The molecule has 2 fully saturated rings. The molecular weight excluding hydrogens is 453 g/mol. The van der Waals surface area contributed by atoms with Gasteiger partial charge in [-0.15, -0.1) is 10.2 Å². The van der Waals surface area contributed by atoms with Gasteiger partial charge in [0.15, 0.2) is 11.0 Å². The van der Waals surface area contributed by atoms with E-state index in [1.807, 2.05) is 12.4 Å². The fourth-order valence-electron chi connectivity index (χ4n) is 4.88. The average molecular weight is 479 g/mol. The molecule has 1 saturated heterocycles. The van der Waals surface area contributed by atoms with Crippen LogP contribution >= 0.6 is 23.1 Å². The van der Waals surface area contributed by atoms with Crippen molar-refractivity contribution in [2.24, 2.45) is 12.5 Å². The molecule has 5 rings (SSSR count). The Morgan fingerprint density at radius 2 is 2.00 bits per heavy atom. The maximum atomic E-state index is 12.8. The molecule has 0 bridgehead atoms. The summed E-state index contributed by atoms with van der Waals surface area (Å²) < 4.78 is 40.5. The highest BCUT2D eigenvalue weighted by molar-refractivity contribution is 7.99. The van der Waals surface area contributed by atoms with E-state index in [0.29, 0.717) is 5.92 Å². The molecule has 1 aliphatic heterocycles. The topological polar surface area (TPSA) is 34.0 Å². The zero-order valence-electron chi connectivity index (χ0n) is 17.8. The summed E-state index contributed by atoms with van der Waals surface area (Å²) >= 11 is 3.39. The molecule has 1 aliphatic carbocycles. The van der Waals surface area contributed by atoms with Crippen molar-refractivity contribution in [2.75, 3.05) is 25.4 Å². The number of alkyl halides is 3. The number of thioether (sulfide) groups is 1. The van der Waals surface area contributed by atoms with Gasteiger partial charge in [-0.2, -0.15) is 24.5 Å². The Morgan fingerprint density at radius 1 is 1.19 bits per heavy atom. The van der Waals surface area contributed by atoms with E-state index in [1.54, 1.807) is 35.2 Å². The zero-order chi connectivity index (χ0) is 22.3. The first-order valence-corrected chi connectivity index (χ1v) is 12.7. The highest BCUT2D eigenvalue weighted by atomic mass is 32.2. The van der Waals surface area contributed by atoms with Gasteiger partial charge in [-0.05, 0) is 72.8 Å². The third-order valence-corrected chi connectivity index (χ3v) is 8.55. The van der Waals surface area contributed by atoms with Gasteiger partial charge in [-0.25, -0.2) is 0 Å². The van der Waals surface area contributed by atoms with Gasteiger partial charge in [0.1, 0.15) is 0 Å². The predicted molar refractivity (Wildman–Crippen MR) is 122 cm³/mol. The summed E-state index contributed by atoms with van der Waals surface area (Å²) in [7, 11) is 2.01. The summed E-state index contributed by atoms with van der Waals surface area (Å²) in [6.07, 6.45) is -0.961. The van der Waals surface area contributed by atoms with Gasteiger partial charge in [0.05, 0.1) is 5.56 Å². The molecule has 170 valence electrons. The number of benzene rings is 1. The minimum absolute atomic E-state index is 0.270. The normalized spacial score (nSPS) is 23.3. The molecule has 2 aromatic heterocycles. The van der Waals surface area contributed by atoms with Gasteiger partial charge < -0.3 is 9.47 Å². The lowest BCUT2D eigenvalue weighted by Gasteiger charge is -2.16. The van der Waals surface area contributed by atoms with Crippen LogP contribution in [0.25, 0.3) is 11.4 Å². The maximum absolute atomic E-state index is 12.8. The fourth-order valence-corrected chi connectivity index (χ4v) is 6.35. The third-order valence-electron chi connectivity index (χ3n) is 6.76. The Morgan fingerprint density at radius 3 is 2.72 bits per heavy atom. The molecule has 0 N–H and O–H groups in total. The van der Waals surface area contributed by atoms with Crippen LogP contribution in [0.5, 0.6) is 0 Å². The largest absolute Gasteiger partial charge is 0.416 e.